The van der Waals surface area contributed by atoms with Crippen LogP contribution >= 0.6 is 0 Å². The van der Waals surface area contributed by atoms with Crippen molar-refractivity contribution in [2.24, 2.45) is 5.73 Å². The molecule has 0 saturated heterocycles. The van der Waals surface area contributed by atoms with Crippen LogP contribution in [0.25, 0.3) is 0 Å². The Hall–Kier alpha value is -3.55. The van der Waals surface area contributed by atoms with E-state index >= 15 is 0 Å². The summed E-state index contributed by atoms with van der Waals surface area (Å²) >= 11 is 0. The summed E-state index contributed by atoms with van der Waals surface area (Å²) in [5.74, 6) is -3.14. The number of pyridine rings is 1. The minimum Gasteiger partial charge on any atom is -0.364 e. The van der Waals surface area contributed by atoms with Gasteiger partial charge in [0.05, 0.1) is 16.7 Å². The lowest BCUT2D eigenvalue weighted by molar-refractivity contribution is -0.0584. The molecule has 2 N–H and O–H groups in total. The first-order valence-electron chi connectivity index (χ1n) is 6.45. The highest BCUT2D eigenvalue weighted by molar-refractivity contribution is 6.21. The van der Waals surface area contributed by atoms with Gasteiger partial charge in [-0.25, -0.2) is 4.79 Å². The number of rotatable bonds is 3. The van der Waals surface area contributed by atoms with Crippen molar-refractivity contribution in [3.8, 4) is 0 Å². The maximum absolute atomic E-state index is 12.1. The molecular weight excluding hydrogens is 302 g/mol. The monoisotopic (exact) mass is 311 g/mol. The van der Waals surface area contributed by atoms with Crippen molar-refractivity contribution in [1.29, 1.82) is 0 Å². The van der Waals surface area contributed by atoms with Crippen molar-refractivity contribution in [1.82, 2.24) is 10.0 Å². The Morgan fingerprint density at radius 1 is 1.00 bits per heavy atom. The molecule has 1 aromatic heterocycles. The maximum atomic E-state index is 12.1. The molecule has 1 aliphatic rings. The van der Waals surface area contributed by atoms with Crippen molar-refractivity contribution >= 4 is 23.7 Å². The largest absolute Gasteiger partial charge is 0.365 e. The second-order valence-corrected chi connectivity index (χ2v) is 4.63. The molecule has 0 radical (unpaired) electrons. The second-order valence-electron chi connectivity index (χ2n) is 4.63. The molecule has 8 heteroatoms. The molecule has 0 bridgehead atoms. The molecule has 1 aromatic carbocycles. The van der Waals surface area contributed by atoms with Gasteiger partial charge < -0.3 is 10.6 Å². The highest BCUT2D eigenvalue weighted by Gasteiger charge is 2.38. The molecule has 114 valence electrons. The number of amides is 3. The number of benzene rings is 1. The zero-order valence-corrected chi connectivity index (χ0v) is 11.6. The summed E-state index contributed by atoms with van der Waals surface area (Å²) in [5.41, 5.74) is 5.30. The van der Waals surface area contributed by atoms with Crippen LogP contribution in [0.5, 0.6) is 0 Å². The Labute approximate surface area is 129 Å². The minimum absolute atomic E-state index is 0.0257. The summed E-state index contributed by atoms with van der Waals surface area (Å²) in [6.45, 7) is 0. The number of hydrogen-bond acceptors (Lipinski definition) is 6. The zero-order valence-electron chi connectivity index (χ0n) is 11.6. The molecule has 23 heavy (non-hydrogen) atoms. The standard InChI is InChI=1S/C15H9N3O5/c16-12(19)11-6-5-8(7-17-11)15(22)23-18-13(20)9-3-1-2-4-10(9)14(18)21/h1-7H,(H2,16,19). The SMILES string of the molecule is NC(=O)c1ccc(C(=O)ON2C(=O)c3ccccc3C2=O)cn1. The van der Waals surface area contributed by atoms with Crippen molar-refractivity contribution in [2.45, 2.75) is 0 Å². The van der Waals surface area contributed by atoms with Crippen LogP contribution in [0.1, 0.15) is 41.6 Å². The summed E-state index contributed by atoms with van der Waals surface area (Å²) in [6, 6.07) is 8.62. The van der Waals surface area contributed by atoms with Crippen molar-refractivity contribution in [2.75, 3.05) is 0 Å². The first-order chi connectivity index (χ1) is 11.0. The van der Waals surface area contributed by atoms with Gasteiger partial charge in [-0.3, -0.25) is 19.4 Å². The van der Waals surface area contributed by atoms with Crippen LogP contribution in [0.2, 0.25) is 0 Å². The number of primary amides is 1. The lowest BCUT2D eigenvalue weighted by Gasteiger charge is -2.12. The van der Waals surface area contributed by atoms with E-state index in [4.69, 9.17) is 10.6 Å². The number of carbonyl (C=O) groups is 4. The molecule has 3 rings (SSSR count). The van der Waals surface area contributed by atoms with Crippen LogP contribution < -0.4 is 5.73 Å². The van der Waals surface area contributed by atoms with E-state index in [1.54, 1.807) is 12.1 Å². The number of carbonyl (C=O) groups excluding carboxylic acids is 4. The van der Waals surface area contributed by atoms with Gasteiger partial charge in [0.15, 0.2) is 0 Å². The fourth-order valence-electron chi connectivity index (χ4n) is 2.05. The van der Waals surface area contributed by atoms with E-state index in [-0.39, 0.29) is 22.4 Å². The van der Waals surface area contributed by atoms with Gasteiger partial charge in [-0.1, -0.05) is 17.2 Å². The minimum atomic E-state index is -0.956. The van der Waals surface area contributed by atoms with E-state index in [0.29, 0.717) is 5.06 Å². The maximum Gasteiger partial charge on any atom is 0.365 e. The van der Waals surface area contributed by atoms with Crippen LogP contribution in [0.15, 0.2) is 42.6 Å². The average Bonchev–Trinajstić information content (AvgIpc) is 2.80. The molecule has 8 nitrogen and oxygen atoms in total. The Balaban J connectivity index is 1.80. The van der Waals surface area contributed by atoms with E-state index < -0.39 is 23.7 Å². The number of aromatic nitrogens is 1. The summed E-state index contributed by atoms with van der Waals surface area (Å²) in [5, 5.41) is 0.398. The van der Waals surface area contributed by atoms with Gasteiger partial charge in [0.1, 0.15) is 5.69 Å². The first-order valence-corrected chi connectivity index (χ1v) is 6.45. The van der Waals surface area contributed by atoms with Gasteiger partial charge in [0.2, 0.25) is 0 Å². The number of hydrogen-bond donors (Lipinski definition) is 1. The van der Waals surface area contributed by atoms with Gasteiger partial charge in [0, 0.05) is 6.20 Å². The number of imide groups is 1. The van der Waals surface area contributed by atoms with Crippen LogP contribution in [0, 0.1) is 0 Å². The van der Waals surface area contributed by atoms with Crippen LogP contribution in [-0.2, 0) is 4.84 Å². The lowest BCUT2D eigenvalue weighted by Crippen LogP contribution is -2.32. The molecule has 0 fully saturated rings. The van der Waals surface area contributed by atoms with Gasteiger partial charge >= 0.3 is 5.97 Å². The molecule has 1 aliphatic heterocycles. The molecule has 0 saturated carbocycles. The normalized spacial score (nSPS) is 13.0. The van der Waals surface area contributed by atoms with Gasteiger partial charge in [-0.05, 0) is 24.3 Å². The first kappa shape index (κ1) is 14.4. The summed E-state index contributed by atoms with van der Waals surface area (Å²) in [7, 11) is 0. The molecule has 0 aliphatic carbocycles. The van der Waals surface area contributed by atoms with Gasteiger partial charge in [-0.15, -0.1) is 0 Å². The van der Waals surface area contributed by atoms with E-state index in [1.807, 2.05) is 0 Å². The second kappa shape index (κ2) is 5.34. The van der Waals surface area contributed by atoms with E-state index in [0.717, 1.165) is 6.20 Å². The predicted octanol–water partition coefficient (Wildman–Crippen LogP) is 0.549. The van der Waals surface area contributed by atoms with Crippen LogP contribution in [-0.4, -0.2) is 33.7 Å². The number of nitrogens with zero attached hydrogens (tertiary/aromatic N) is 2. The predicted molar refractivity (Wildman–Crippen MR) is 75.1 cm³/mol. The van der Waals surface area contributed by atoms with Crippen LogP contribution in [0.3, 0.4) is 0 Å². The Kier molecular flexibility index (Phi) is 3.34. The Morgan fingerprint density at radius 3 is 2.09 bits per heavy atom. The summed E-state index contributed by atoms with van der Waals surface area (Å²) in [4.78, 5) is 55.6. The lowest BCUT2D eigenvalue weighted by atomic mass is 10.1. The van der Waals surface area contributed by atoms with E-state index in [9.17, 15) is 19.2 Å². The number of hydroxylamine groups is 2. The zero-order chi connectivity index (χ0) is 16.6. The molecule has 2 aromatic rings. The fraction of sp³-hybridized carbons (Fsp3) is 0. The van der Waals surface area contributed by atoms with Gasteiger partial charge in [-0.2, -0.15) is 0 Å². The third kappa shape index (κ3) is 2.42. The average molecular weight is 311 g/mol. The topological polar surface area (TPSA) is 120 Å². The Bertz CT molecular complexity index is 809. The third-order valence-corrected chi connectivity index (χ3v) is 3.18. The highest BCUT2D eigenvalue weighted by atomic mass is 16.7. The molecule has 3 amide bonds. The van der Waals surface area contributed by atoms with E-state index in [2.05, 4.69) is 4.98 Å². The quantitative estimate of drug-likeness (QED) is 0.826. The summed E-state index contributed by atoms with van der Waals surface area (Å²) in [6.07, 6.45) is 1.07. The molecule has 0 unspecified atom stereocenters. The van der Waals surface area contributed by atoms with Crippen molar-refractivity contribution < 1.29 is 24.0 Å². The number of nitrogens with two attached hydrogens (primary N) is 1. The third-order valence-electron chi connectivity index (χ3n) is 3.18. The fourth-order valence-corrected chi connectivity index (χ4v) is 2.05. The van der Waals surface area contributed by atoms with Crippen molar-refractivity contribution in [3.63, 3.8) is 0 Å². The van der Waals surface area contributed by atoms with Crippen molar-refractivity contribution in [3.05, 3.63) is 65.0 Å². The molecule has 2 heterocycles. The molecule has 0 atom stereocenters. The summed E-state index contributed by atoms with van der Waals surface area (Å²) < 4.78 is 0. The van der Waals surface area contributed by atoms with Gasteiger partial charge in [0.25, 0.3) is 17.7 Å². The molecule has 0 spiro atoms. The molecular formula is C15H9N3O5. The smallest absolute Gasteiger partial charge is 0.364 e. The highest BCUT2D eigenvalue weighted by Crippen LogP contribution is 2.23. The van der Waals surface area contributed by atoms with Crippen LogP contribution in [0.4, 0.5) is 0 Å². The number of fused-ring (bicyclic) bond motifs is 1. The Morgan fingerprint density at radius 2 is 1.61 bits per heavy atom. The van der Waals surface area contributed by atoms with E-state index in [1.165, 1.54) is 24.3 Å².